The highest BCUT2D eigenvalue weighted by atomic mass is 15.3. The Bertz CT molecular complexity index is 402. The molecule has 1 aliphatic rings. The summed E-state index contributed by atoms with van der Waals surface area (Å²) in [5.74, 6) is 0. The van der Waals surface area contributed by atoms with Crippen LogP contribution in [0.2, 0.25) is 0 Å². The molecule has 0 saturated carbocycles. The average molecular weight is 261 g/mol. The van der Waals surface area contributed by atoms with Crippen LogP contribution in [-0.4, -0.2) is 16.3 Å². The molecule has 19 heavy (non-hydrogen) atoms. The van der Waals surface area contributed by atoms with Crippen LogP contribution in [0.1, 0.15) is 64.1 Å². The third-order valence-corrected chi connectivity index (χ3v) is 4.04. The molecule has 0 fully saturated rings. The van der Waals surface area contributed by atoms with E-state index >= 15 is 0 Å². The van der Waals surface area contributed by atoms with E-state index in [0.29, 0.717) is 6.04 Å². The molecule has 1 heterocycles. The van der Waals surface area contributed by atoms with Crippen molar-refractivity contribution in [3.05, 3.63) is 29.6 Å². The van der Waals surface area contributed by atoms with Crippen molar-refractivity contribution in [1.82, 2.24) is 15.1 Å². The monoisotopic (exact) mass is 261 g/mol. The lowest BCUT2D eigenvalue weighted by Crippen LogP contribution is -2.16. The summed E-state index contributed by atoms with van der Waals surface area (Å²) in [5.41, 5.74) is 2.79. The highest BCUT2D eigenvalue weighted by molar-refractivity contribution is 5.07. The van der Waals surface area contributed by atoms with Crippen LogP contribution in [0.25, 0.3) is 0 Å². The van der Waals surface area contributed by atoms with Gasteiger partial charge in [0.2, 0.25) is 0 Å². The van der Waals surface area contributed by atoms with E-state index in [1.165, 1.54) is 25.7 Å². The molecule has 1 aliphatic carbocycles. The highest BCUT2D eigenvalue weighted by Gasteiger charge is 2.08. The molecule has 2 rings (SSSR count). The molecule has 0 aliphatic heterocycles. The maximum atomic E-state index is 4.66. The van der Waals surface area contributed by atoms with Crippen LogP contribution in [0.5, 0.6) is 0 Å². The minimum atomic E-state index is 0.553. The van der Waals surface area contributed by atoms with Gasteiger partial charge in [-0.15, -0.1) is 0 Å². The number of rotatable bonds is 8. The number of hydrogen-bond acceptors (Lipinski definition) is 2. The van der Waals surface area contributed by atoms with Crippen molar-refractivity contribution < 1.29 is 0 Å². The molecular weight excluding hydrogens is 234 g/mol. The zero-order valence-electron chi connectivity index (χ0n) is 12.4. The number of nitrogens with zero attached hydrogens (tertiary/aromatic N) is 2. The Hall–Kier alpha value is -1.09. The zero-order chi connectivity index (χ0) is 13.5. The smallest absolute Gasteiger partial charge is 0.0762 e. The van der Waals surface area contributed by atoms with E-state index in [0.717, 1.165) is 31.6 Å². The molecule has 1 N–H and O–H groups in total. The van der Waals surface area contributed by atoms with E-state index in [4.69, 9.17) is 0 Å². The van der Waals surface area contributed by atoms with Gasteiger partial charge >= 0.3 is 0 Å². The Morgan fingerprint density at radius 2 is 2.21 bits per heavy atom. The molecule has 0 aromatic carbocycles. The summed E-state index contributed by atoms with van der Waals surface area (Å²) in [7, 11) is 0. The molecule has 0 radical (unpaired) electrons. The van der Waals surface area contributed by atoms with Gasteiger partial charge < -0.3 is 5.32 Å². The van der Waals surface area contributed by atoms with Crippen LogP contribution in [0.3, 0.4) is 0 Å². The second-order valence-corrected chi connectivity index (χ2v) is 5.44. The number of nitrogens with one attached hydrogen (secondary N) is 1. The van der Waals surface area contributed by atoms with Crippen LogP contribution in [0.4, 0.5) is 0 Å². The molecule has 0 spiro atoms. The predicted octanol–water partition coefficient (Wildman–Crippen LogP) is 3.83. The minimum absolute atomic E-state index is 0.553. The first-order valence-corrected chi connectivity index (χ1v) is 7.76. The molecule has 0 bridgehead atoms. The molecule has 0 saturated heterocycles. The Morgan fingerprint density at radius 1 is 1.37 bits per heavy atom. The average Bonchev–Trinajstić information content (AvgIpc) is 3.08. The molecule has 106 valence electrons. The quantitative estimate of drug-likeness (QED) is 0.569. The van der Waals surface area contributed by atoms with Crippen molar-refractivity contribution in [2.75, 3.05) is 6.54 Å². The van der Waals surface area contributed by atoms with Gasteiger partial charge in [-0.3, -0.25) is 4.68 Å². The fourth-order valence-electron chi connectivity index (χ4n) is 2.77. The van der Waals surface area contributed by atoms with Crippen molar-refractivity contribution >= 4 is 0 Å². The summed E-state index contributed by atoms with van der Waals surface area (Å²) >= 11 is 0. The summed E-state index contributed by atoms with van der Waals surface area (Å²) in [6.07, 6.45) is 12.0. The zero-order valence-corrected chi connectivity index (χ0v) is 12.4. The van der Waals surface area contributed by atoms with Gasteiger partial charge in [0.1, 0.15) is 0 Å². The minimum Gasteiger partial charge on any atom is -0.311 e. The largest absolute Gasteiger partial charge is 0.311 e. The fourth-order valence-corrected chi connectivity index (χ4v) is 2.77. The number of hydrogen-bond donors (Lipinski definition) is 1. The summed E-state index contributed by atoms with van der Waals surface area (Å²) in [4.78, 5) is 0. The second-order valence-electron chi connectivity index (χ2n) is 5.44. The van der Waals surface area contributed by atoms with Gasteiger partial charge in [0.15, 0.2) is 0 Å². The summed E-state index contributed by atoms with van der Waals surface area (Å²) in [6, 6.07) is 2.69. The van der Waals surface area contributed by atoms with E-state index < -0.39 is 0 Å². The van der Waals surface area contributed by atoms with E-state index in [1.54, 1.807) is 5.57 Å². The fraction of sp³-hybridized carbons (Fsp3) is 0.688. The molecule has 1 aromatic rings. The number of allylic oxidation sites excluding steroid dienone is 1. The van der Waals surface area contributed by atoms with Gasteiger partial charge in [0.05, 0.1) is 11.7 Å². The molecule has 1 aromatic heterocycles. The SMILES string of the molecule is CCC(CC)n1ccc(CNCCC2=CCCC2)n1. The van der Waals surface area contributed by atoms with E-state index in [-0.39, 0.29) is 0 Å². The maximum Gasteiger partial charge on any atom is 0.0762 e. The lowest BCUT2D eigenvalue weighted by molar-refractivity contribution is 0.424. The maximum absolute atomic E-state index is 4.66. The third kappa shape index (κ3) is 4.20. The van der Waals surface area contributed by atoms with Crippen LogP contribution < -0.4 is 5.32 Å². The van der Waals surface area contributed by atoms with Gasteiger partial charge in [-0.1, -0.05) is 25.5 Å². The lowest BCUT2D eigenvalue weighted by atomic mass is 10.2. The third-order valence-electron chi connectivity index (χ3n) is 4.04. The van der Waals surface area contributed by atoms with Crippen molar-refractivity contribution in [3.63, 3.8) is 0 Å². The van der Waals surface area contributed by atoms with Crippen LogP contribution in [0, 0.1) is 0 Å². The van der Waals surface area contributed by atoms with Crippen molar-refractivity contribution in [1.29, 1.82) is 0 Å². The van der Waals surface area contributed by atoms with Gasteiger partial charge in [0, 0.05) is 12.7 Å². The Kier molecular flexibility index (Phi) is 5.64. The lowest BCUT2D eigenvalue weighted by Gasteiger charge is -2.12. The Balaban J connectivity index is 1.71. The summed E-state index contributed by atoms with van der Waals surface area (Å²) in [6.45, 7) is 6.41. The highest BCUT2D eigenvalue weighted by Crippen LogP contribution is 2.19. The normalized spacial score (nSPS) is 15.2. The Labute approximate surface area is 117 Å². The second kappa shape index (κ2) is 7.49. The van der Waals surface area contributed by atoms with Crippen molar-refractivity contribution in [2.24, 2.45) is 0 Å². The standard InChI is InChI=1S/C16H27N3/c1-3-16(4-2)19-12-10-15(18-19)13-17-11-9-14-7-5-6-8-14/h7,10,12,16-17H,3-6,8-9,11,13H2,1-2H3. The van der Waals surface area contributed by atoms with Crippen LogP contribution >= 0.6 is 0 Å². The van der Waals surface area contributed by atoms with Gasteiger partial charge in [-0.2, -0.15) is 5.10 Å². The van der Waals surface area contributed by atoms with Crippen LogP contribution in [0.15, 0.2) is 23.9 Å². The first-order valence-electron chi connectivity index (χ1n) is 7.76. The van der Waals surface area contributed by atoms with Gasteiger partial charge in [-0.05, 0) is 51.1 Å². The first kappa shape index (κ1) is 14.3. The van der Waals surface area contributed by atoms with Crippen molar-refractivity contribution in [3.8, 4) is 0 Å². The molecule has 0 unspecified atom stereocenters. The Morgan fingerprint density at radius 3 is 2.89 bits per heavy atom. The van der Waals surface area contributed by atoms with Crippen molar-refractivity contribution in [2.45, 2.75) is 65.0 Å². The molecule has 3 heteroatoms. The predicted molar refractivity (Wildman–Crippen MR) is 80.1 cm³/mol. The molecule has 3 nitrogen and oxygen atoms in total. The first-order chi connectivity index (χ1) is 9.33. The van der Waals surface area contributed by atoms with Crippen LogP contribution in [-0.2, 0) is 6.54 Å². The molecular formula is C16H27N3. The summed E-state index contributed by atoms with van der Waals surface area (Å²) < 4.78 is 2.12. The summed E-state index contributed by atoms with van der Waals surface area (Å²) in [5, 5.41) is 8.16. The van der Waals surface area contributed by atoms with Gasteiger partial charge in [0.25, 0.3) is 0 Å². The molecule has 0 atom stereocenters. The van der Waals surface area contributed by atoms with Gasteiger partial charge in [-0.25, -0.2) is 0 Å². The van der Waals surface area contributed by atoms with E-state index in [9.17, 15) is 0 Å². The van der Waals surface area contributed by atoms with E-state index in [2.05, 4.69) is 47.3 Å². The topological polar surface area (TPSA) is 29.9 Å². The number of aromatic nitrogens is 2. The molecule has 0 amide bonds. The van der Waals surface area contributed by atoms with E-state index in [1.807, 2.05) is 0 Å².